The summed E-state index contributed by atoms with van der Waals surface area (Å²) < 4.78 is 23.5. The fraction of sp³-hybridized carbons (Fsp3) is 0.105. The lowest BCUT2D eigenvalue weighted by atomic mass is 10.3. The van der Waals surface area contributed by atoms with Crippen molar-refractivity contribution in [1.29, 1.82) is 0 Å². The maximum atomic E-state index is 13.0. The summed E-state index contributed by atoms with van der Waals surface area (Å²) in [6.45, 7) is 1.40. The summed E-state index contributed by atoms with van der Waals surface area (Å²) in [6.07, 6.45) is 1.37. The molecule has 3 aromatic rings. The van der Waals surface area contributed by atoms with E-state index < -0.39 is 23.8 Å². The lowest BCUT2D eigenvalue weighted by Crippen LogP contribution is -2.29. The minimum Gasteiger partial charge on any atom is -0.449 e. The van der Waals surface area contributed by atoms with E-state index in [1.807, 2.05) is 12.1 Å². The predicted octanol–water partition coefficient (Wildman–Crippen LogP) is 4.20. The van der Waals surface area contributed by atoms with E-state index in [0.29, 0.717) is 11.1 Å². The summed E-state index contributed by atoms with van der Waals surface area (Å²) in [5, 5.41) is 2.50. The van der Waals surface area contributed by atoms with Gasteiger partial charge in [0.1, 0.15) is 11.3 Å². The van der Waals surface area contributed by atoms with Gasteiger partial charge in [-0.3, -0.25) is 4.79 Å². The average Bonchev–Trinajstić information content (AvgIpc) is 3.05. The van der Waals surface area contributed by atoms with Crippen LogP contribution in [0, 0.1) is 5.82 Å². The fourth-order valence-corrected chi connectivity index (χ4v) is 2.41. The Morgan fingerprint density at radius 3 is 2.81 bits per heavy atom. The van der Waals surface area contributed by atoms with Gasteiger partial charge in [0.15, 0.2) is 11.7 Å². The van der Waals surface area contributed by atoms with E-state index >= 15 is 0 Å². The van der Waals surface area contributed by atoms with Crippen LogP contribution < -0.4 is 5.32 Å². The third kappa shape index (κ3) is 4.71. The standard InChI is InChI=1S/C19H14ClFN2O4/c1-11(19(25)23-14-7-6-12(21)10-13(14)20)26-18(24)9-8-17-22-15-4-2-3-5-16(15)27-17/h2-11H,1H3,(H,23,25)/b9-8+/t11-/m0/s1. The number of amides is 1. The molecule has 8 heteroatoms. The number of anilines is 1. The van der Waals surface area contributed by atoms with E-state index in [1.165, 1.54) is 19.1 Å². The first-order chi connectivity index (χ1) is 12.9. The van der Waals surface area contributed by atoms with Gasteiger partial charge in [0.2, 0.25) is 5.89 Å². The molecule has 1 aromatic heterocycles. The summed E-state index contributed by atoms with van der Waals surface area (Å²) in [4.78, 5) is 28.1. The monoisotopic (exact) mass is 388 g/mol. The molecule has 1 atom stereocenters. The zero-order valence-corrected chi connectivity index (χ0v) is 14.9. The summed E-state index contributed by atoms with van der Waals surface area (Å²) in [6, 6.07) is 10.7. The molecule has 0 saturated carbocycles. The van der Waals surface area contributed by atoms with Crippen LogP contribution in [0.3, 0.4) is 0 Å². The van der Waals surface area contributed by atoms with Crippen molar-refractivity contribution in [3.63, 3.8) is 0 Å². The average molecular weight is 389 g/mol. The molecule has 1 amide bonds. The molecule has 0 aliphatic heterocycles. The number of hydrogen-bond acceptors (Lipinski definition) is 5. The number of rotatable bonds is 5. The van der Waals surface area contributed by atoms with Gasteiger partial charge in [-0.2, -0.15) is 0 Å². The van der Waals surface area contributed by atoms with Crippen molar-refractivity contribution in [1.82, 2.24) is 4.98 Å². The quantitative estimate of drug-likeness (QED) is 0.523. The Kier molecular flexibility index (Phi) is 5.52. The lowest BCUT2D eigenvalue weighted by Gasteiger charge is -2.13. The topological polar surface area (TPSA) is 81.4 Å². The van der Waals surface area contributed by atoms with Gasteiger partial charge in [-0.1, -0.05) is 23.7 Å². The molecule has 6 nitrogen and oxygen atoms in total. The third-order valence-corrected chi connectivity index (χ3v) is 3.84. The molecule has 0 unspecified atom stereocenters. The highest BCUT2D eigenvalue weighted by Gasteiger charge is 2.18. The Bertz CT molecular complexity index is 998. The molecule has 0 aliphatic carbocycles. The van der Waals surface area contributed by atoms with Gasteiger partial charge in [-0.25, -0.2) is 14.2 Å². The highest BCUT2D eigenvalue weighted by molar-refractivity contribution is 6.33. The van der Waals surface area contributed by atoms with Crippen LogP contribution >= 0.6 is 11.6 Å². The Hall–Kier alpha value is -3.19. The number of carbonyl (C=O) groups excluding carboxylic acids is 2. The van der Waals surface area contributed by atoms with Crippen molar-refractivity contribution >= 4 is 46.3 Å². The molecule has 1 heterocycles. The minimum atomic E-state index is -1.09. The van der Waals surface area contributed by atoms with Crippen LogP contribution in [0.25, 0.3) is 17.2 Å². The van der Waals surface area contributed by atoms with Crippen LogP contribution in [0.4, 0.5) is 10.1 Å². The van der Waals surface area contributed by atoms with Gasteiger partial charge in [0.25, 0.3) is 5.91 Å². The van der Waals surface area contributed by atoms with E-state index in [0.717, 1.165) is 18.2 Å². The molecule has 0 aliphatic rings. The van der Waals surface area contributed by atoms with E-state index in [9.17, 15) is 14.0 Å². The lowest BCUT2D eigenvalue weighted by molar-refractivity contribution is -0.148. The minimum absolute atomic E-state index is 0.0396. The second kappa shape index (κ2) is 8.01. The van der Waals surface area contributed by atoms with Crippen molar-refractivity contribution in [2.24, 2.45) is 0 Å². The van der Waals surface area contributed by atoms with Gasteiger partial charge in [0, 0.05) is 12.2 Å². The van der Waals surface area contributed by atoms with Crippen LogP contribution in [0.2, 0.25) is 5.02 Å². The Morgan fingerprint density at radius 1 is 1.30 bits per heavy atom. The van der Waals surface area contributed by atoms with Crippen LogP contribution in [-0.2, 0) is 14.3 Å². The molecular formula is C19H14ClFN2O4. The van der Waals surface area contributed by atoms with E-state index in [2.05, 4.69) is 10.3 Å². The number of fused-ring (bicyclic) bond motifs is 1. The predicted molar refractivity (Wildman–Crippen MR) is 98.6 cm³/mol. The van der Waals surface area contributed by atoms with Crippen molar-refractivity contribution in [2.45, 2.75) is 13.0 Å². The fourth-order valence-electron chi connectivity index (χ4n) is 2.19. The number of aromatic nitrogens is 1. The largest absolute Gasteiger partial charge is 0.449 e. The molecule has 0 saturated heterocycles. The molecule has 0 bridgehead atoms. The number of hydrogen-bond donors (Lipinski definition) is 1. The van der Waals surface area contributed by atoms with Crippen molar-refractivity contribution in [2.75, 3.05) is 5.32 Å². The second-order valence-electron chi connectivity index (χ2n) is 5.55. The Balaban J connectivity index is 1.58. The number of oxazole rings is 1. The molecule has 2 aromatic carbocycles. The van der Waals surface area contributed by atoms with Gasteiger partial charge in [0.05, 0.1) is 10.7 Å². The number of nitrogens with zero attached hydrogens (tertiary/aromatic N) is 1. The van der Waals surface area contributed by atoms with Gasteiger partial charge >= 0.3 is 5.97 Å². The van der Waals surface area contributed by atoms with E-state index in [1.54, 1.807) is 12.1 Å². The smallest absolute Gasteiger partial charge is 0.331 e. The van der Waals surface area contributed by atoms with Gasteiger partial charge in [-0.05, 0) is 37.3 Å². The number of halogens is 2. The summed E-state index contributed by atoms with van der Waals surface area (Å²) in [5.74, 6) is -1.64. The summed E-state index contributed by atoms with van der Waals surface area (Å²) >= 11 is 5.84. The Labute approximate surface area is 158 Å². The van der Waals surface area contributed by atoms with E-state index in [4.69, 9.17) is 20.8 Å². The Morgan fingerprint density at radius 2 is 2.07 bits per heavy atom. The molecular weight excluding hydrogens is 375 g/mol. The number of para-hydroxylation sites is 2. The highest BCUT2D eigenvalue weighted by Crippen LogP contribution is 2.22. The maximum Gasteiger partial charge on any atom is 0.331 e. The van der Waals surface area contributed by atoms with Crippen LogP contribution in [0.5, 0.6) is 0 Å². The van der Waals surface area contributed by atoms with Crippen molar-refractivity contribution < 1.29 is 23.1 Å². The van der Waals surface area contributed by atoms with Gasteiger partial charge in [-0.15, -0.1) is 0 Å². The number of ether oxygens (including phenoxy) is 1. The van der Waals surface area contributed by atoms with Crippen molar-refractivity contribution in [3.05, 3.63) is 65.3 Å². The second-order valence-corrected chi connectivity index (χ2v) is 5.95. The maximum absolute atomic E-state index is 13.0. The molecule has 1 N–H and O–H groups in total. The van der Waals surface area contributed by atoms with E-state index in [-0.39, 0.29) is 16.6 Å². The molecule has 3 rings (SSSR count). The normalized spacial score (nSPS) is 12.3. The van der Waals surface area contributed by atoms with Crippen LogP contribution in [0.15, 0.2) is 53.0 Å². The first kappa shape index (κ1) is 18.6. The third-order valence-electron chi connectivity index (χ3n) is 3.52. The molecule has 0 fully saturated rings. The summed E-state index contributed by atoms with van der Waals surface area (Å²) in [7, 11) is 0. The zero-order valence-electron chi connectivity index (χ0n) is 14.1. The zero-order chi connectivity index (χ0) is 19.4. The van der Waals surface area contributed by atoms with Crippen molar-refractivity contribution in [3.8, 4) is 0 Å². The first-order valence-corrected chi connectivity index (χ1v) is 8.30. The first-order valence-electron chi connectivity index (χ1n) is 7.92. The molecule has 0 radical (unpaired) electrons. The SMILES string of the molecule is C[C@H](OC(=O)/C=C/c1nc2ccccc2o1)C(=O)Nc1ccc(F)cc1Cl. The number of nitrogens with one attached hydrogen (secondary N) is 1. The number of carbonyl (C=O) groups is 2. The number of esters is 1. The molecule has 27 heavy (non-hydrogen) atoms. The molecule has 0 spiro atoms. The highest BCUT2D eigenvalue weighted by atomic mass is 35.5. The van der Waals surface area contributed by atoms with Crippen LogP contribution in [0.1, 0.15) is 12.8 Å². The molecule has 138 valence electrons. The van der Waals surface area contributed by atoms with Gasteiger partial charge < -0.3 is 14.5 Å². The number of benzene rings is 2. The van der Waals surface area contributed by atoms with Crippen LogP contribution in [-0.4, -0.2) is 23.0 Å². The summed E-state index contributed by atoms with van der Waals surface area (Å²) in [5.41, 5.74) is 1.47.